The van der Waals surface area contributed by atoms with Crippen molar-refractivity contribution in [2.45, 2.75) is 46.6 Å². The van der Waals surface area contributed by atoms with Gasteiger partial charge in [0.1, 0.15) is 0 Å². The van der Waals surface area contributed by atoms with Crippen molar-refractivity contribution in [3.8, 4) is 0 Å². The summed E-state index contributed by atoms with van der Waals surface area (Å²) in [6, 6.07) is 0.286. The minimum atomic E-state index is -0.854. The molecule has 0 radical (unpaired) electrons. The van der Waals surface area contributed by atoms with Crippen molar-refractivity contribution in [2.24, 2.45) is 11.8 Å². The van der Waals surface area contributed by atoms with Crippen LogP contribution in [0.4, 0.5) is 4.79 Å². The first kappa shape index (κ1) is 15.8. The molecule has 0 spiro atoms. The van der Waals surface area contributed by atoms with Crippen LogP contribution in [-0.4, -0.2) is 52.6 Å². The fourth-order valence-electron chi connectivity index (χ4n) is 2.66. The van der Waals surface area contributed by atoms with Gasteiger partial charge in [0.05, 0.1) is 5.92 Å². The van der Waals surface area contributed by atoms with Crippen molar-refractivity contribution in [1.82, 2.24) is 9.80 Å². The fourth-order valence-corrected chi connectivity index (χ4v) is 2.66. The van der Waals surface area contributed by atoms with Crippen molar-refractivity contribution in [3.05, 3.63) is 0 Å². The second-order valence-electron chi connectivity index (χ2n) is 5.71. The molecule has 5 heteroatoms. The second-order valence-corrected chi connectivity index (χ2v) is 5.71. The molecule has 19 heavy (non-hydrogen) atoms. The number of aliphatic carboxylic acids is 1. The van der Waals surface area contributed by atoms with Gasteiger partial charge < -0.3 is 14.9 Å². The van der Waals surface area contributed by atoms with Crippen LogP contribution in [0.1, 0.15) is 40.5 Å². The molecule has 0 aliphatic carbocycles. The molecule has 1 aliphatic heterocycles. The Balaban J connectivity index is 2.70. The maximum Gasteiger partial charge on any atom is 0.320 e. The van der Waals surface area contributed by atoms with Gasteiger partial charge in [0.2, 0.25) is 0 Å². The number of carbonyl (C=O) groups excluding carboxylic acids is 1. The van der Waals surface area contributed by atoms with E-state index in [1.807, 2.05) is 11.8 Å². The standard InChI is InChI=1S/C14H26N2O3/c1-5-15(9-11(4)13(17)18)14(19)16-8-6-7-12(16)10(2)3/h10-12H,5-9H2,1-4H3,(H,17,18). The van der Waals surface area contributed by atoms with Gasteiger partial charge in [0, 0.05) is 25.7 Å². The van der Waals surface area contributed by atoms with Crippen LogP contribution in [0.5, 0.6) is 0 Å². The first-order chi connectivity index (χ1) is 8.88. The molecule has 2 amide bonds. The monoisotopic (exact) mass is 270 g/mol. The van der Waals surface area contributed by atoms with E-state index in [1.54, 1.807) is 11.8 Å². The molecule has 0 saturated carbocycles. The summed E-state index contributed by atoms with van der Waals surface area (Å²) in [6.07, 6.45) is 2.09. The Morgan fingerprint density at radius 3 is 2.47 bits per heavy atom. The molecule has 1 N–H and O–H groups in total. The third-order valence-corrected chi connectivity index (χ3v) is 3.88. The number of likely N-dealkylation sites (tertiary alicyclic amines) is 1. The Hall–Kier alpha value is -1.26. The number of nitrogens with zero attached hydrogens (tertiary/aromatic N) is 2. The van der Waals surface area contributed by atoms with Crippen molar-refractivity contribution in [1.29, 1.82) is 0 Å². The molecule has 2 atom stereocenters. The highest BCUT2D eigenvalue weighted by molar-refractivity contribution is 5.76. The van der Waals surface area contributed by atoms with Gasteiger partial charge in [-0.25, -0.2) is 4.79 Å². The minimum absolute atomic E-state index is 0.00759. The van der Waals surface area contributed by atoms with Crippen molar-refractivity contribution in [3.63, 3.8) is 0 Å². The SMILES string of the molecule is CCN(CC(C)C(=O)O)C(=O)N1CCCC1C(C)C. The Morgan fingerprint density at radius 1 is 1.37 bits per heavy atom. The fraction of sp³-hybridized carbons (Fsp3) is 0.857. The Morgan fingerprint density at radius 2 is 2.00 bits per heavy atom. The van der Waals surface area contributed by atoms with Crippen LogP contribution < -0.4 is 0 Å². The number of urea groups is 1. The molecule has 0 bridgehead atoms. The van der Waals surface area contributed by atoms with E-state index < -0.39 is 11.9 Å². The van der Waals surface area contributed by atoms with Gasteiger partial charge in [-0.2, -0.15) is 0 Å². The van der Waals surface area contributed by atoms with E-state index in [0.29, 0.717) is 18.5 Å². The summed E-state index contributed by atoms with van der Waals surface area (Å²) < 4.78 is 0. The second kappa shape index (κ2) is 6.78. The van der Waals surface area contributed by atoms with Gasteiger partial charge in [-0.1, -0.05) is 20.8 Å². The topological polar surface area (TPSA) is 60.9 Å². The van der Waals surface area contributed by atoms with Crippen molar-refractivity contribution < 1.29 is 14.7 Å². The molecule has 1 saturated heterocycles. The number of carboxylic acids is 1. The van der Waals surface area contributed by atoms with Crippen molar-refractivity contribution >= 4 is 12.0 Å². The van der Waals surface area contributed by atoms with E-state index >= 15 is 0 Å². The zero-order chi connectivity index (χ0) is 14.6. The molecule has 110 valence electrons. The van der Waals surface area contributed by atoms with Gasteiger partial charge in [-0.3, -0.25) is 4.79 Å². The third kappa shape index (κ3) is 3.85. The first-order valence-electron chi connectivity index (χ1n) is 7.16. The largest absolute Gasteiger partial charge is 0.481 e. The number of rotatable bonds is 5. The smallest absolute Gasteiger partial charge is 0.320 e. The molecule has 0 aromatic carbocycles. The van der Waals surface area contributed by atoms with Crippen LogP contribution in [0.25, 0.3) is 0 Å². The third-order valence-electron chi connectivity index (χ3n) is 3.88. The summed E-state index contributed by atoms with van der Waals surface area (Å²) in [5.41, 5.74) is 0. The van der Waals surface area contributed by atoms with Crippen LogP contribution in [0, 0.1) is 11.8 Å². The molecule has 1 rings (SSSR count). The minimum Gasteiger partial charge on any atom is -0.481 e. The number of hydrogen-bond donors (Lipinski definition) is 1. The lowest BCUT2D eigenvalue weighted by molar-refractivity contribution is -0.141. The maximum atomic E-state index is 12.5. The average molecular weight is 270 g/mol. The Labute approximate surface area is 115 Å². The quantitative estimate of drug-likeness (QED) is 0.833. The lowest BCUT2D eigenvalue weighted by Gasteiger charge is -2.33. The van der Waals surface area contributed by atoms with Gasteiger partial charge in [0.15, 0.2) is 0 Å². The summed E-state index contributed by atoms with van der Waals surface area (Å²) in [6.45, 7) is 9.43. The molecule has 1 aliphatic rings. The summed E-state index contributed by atoms with van der Waals surface area (Å²) in [5.74, 6) is -0.931. The summed E-state index contributed by atoms with van der Waals surface area (Å²) in [5, 5.41) is 8.96. The summed E-state index contributed by atoms with van der Waals surface area (Å²) in [4.78, 5) is 27.0. The lowest BCUT2D eigenvalue weighted by atomic mass is 10.0. The number of carboxylic acid groups (broad SMARTS) is 1. The molecule has 5 nitrogen and oxygen atoms in total. The van der Waals surface area contributed by atoms with E-state index in [4.69, 9.17) is 5.11 Å². The van der Waals surface area contributed by atoms with Gasteiger partial charge in [0.25, 0.3) is 0 Å². The predicted molar refractivity (Wildman–Crippen MR) is 74.0 cm³/mol. The Kier molecular flexibility index (Phi) is 5.63. The highest BCUT2D eigenvalue weighted by atomic mass is 16.4. The van der Waals surface area contributed by atoms with Gasteiger partial charge >= 0.3 is 12.0 Å². The average Bonchev–Trinajstić information content (AvgIpc) is 2.83. The molecule has 0 aromatic rings. The molecule has 0 aromatic heterocycles. The lowest BCUT2D eigenvalue weighted by Crippen LogP contribution is -2.48. The summed E-state index contributed by atoms with van der Waals surface area (Å²) >= 11 is 0. The normalized spacial score (nSPS) is 20.7. The van der Waals surface area contributed by atoms with Crippen LogP contribution >= 0.6 is 0 Å². The van der Waals surface area contributed by atoms with Crippen LogP contribution in [-0.2, 0) is 4.79 Å². The van der Waals surface area contributed by atoms with Crippen LogP contribution in [0.2, 0.25) is 0 Å². The van der Waals surface area contributed by atoms with E-state index in [2.05, 4.69) is 13.8 Å². The van der Waals surface area contributed by atoms with E-state index in [1.165, 1.54) is 0 Å². The highest BCUT2D eigenvalue weighted by Gasteiger charge is 2.33. The molecule has 1 fully saturated rings. The first-order valence-corrected chi connectivity index (χ1v) is 7.16. The van der Waals surface area contributed by atoms with Crippen LogP contribution in [0.3, 0.4) is 0 Å². The highest BCUT2D eigenvalue weighted by Crippen LogP contribution is 2.25. The Bertz CT molecular complexity index is 331. The predicted octanol–water partition coefficient (Wildman–Crippen LogP) is 2.27. The van der Waals surface area contributed by atoms with E-state index in [9.17, 15) is 9.59 Å². The maximum absolute atomic E-state index is 12.5. The number of hydrogen-bond acceptors (Lipinski definition) is 2. The molecular weight excluding hydrogens is 244 g/mol. The van der Waals surface area contributed by atoms with Gasteiger partial charge in [-0.05, 0) is 25.7 Å². The zero-order valence-electron chi connectivity index (χ0n) is 12.4. The zero-order valence-corrected chi connectivity index (χ0v) is 12.4. The number of carbonyl (C=O) groups is 2. The van der Waals surface area contributed by atoms with Gasteiger partial charge in [-0.15, -0.1) is 0 Å². The number of amides is 2. The van der Waals surface area contributed by atoms with Crippen molar-refractivity contribution in [2.75, 3.05) is 19.6 Å². The van der Waals surface area contributed by atoms with Crippen LogP contribution in [0.15, 0.2) is 0 Å². The molecule has 2 unspecified atom stereocenters. The van der Waals surface area contributed by atoms with E-state index in [-0.39, 0.29) is 12.6 Å². The van der Waals surface area contributed by atoms with E-state index in [0.717, 1.165) is 19.4 Å². The molecule has 1 heterocycles. The summed E-state index contributed by atoms with van der Waals surface area (Å²) in [7, 11) is 0. The molecular formula is C14H26N2O3.